The third-order valence-electron chi connectivity index (χ3n) is 2.29. The van der Waals surface area contributed by atoms with Gasteiger partial charge in [-0.1, -0.05) is 15.9 Å². The van der Waals surface area contributed by atoms with Crippen molar-refractivity contribution in [2.75, 3.05) is 12.4 Å². The Kier molecular flexibility index (Phi) is 6.92. The number of ether oxygens (including phenoxy) is 1. The molecule has 0 spiro atoms. The number of halogens is 1. The average molecular weight is 304 g/mol. The minimum atomic E-state index is 0.219. The predicted molar refractivity (Wildman–Crippen MR) is 75.3 cm³/mol. The molecule has 2 nitrogen and oxygen atoms in total. The highest BCUT2D eigenvalue weighted by molar-refractivity contribution is 9.10. The Labute approximate surface area is 111 Å². The first-order valence-corrected chi connectivity index (χ1v) is 6.89. The van der Waals surface area contributed by atoms with Crippen molar-refractivity contribution in [1.82, 2.24) is 0 Å². The second-order valence-electron chi connectivity index (χ2n) is 3.74. The Morgan fingerprint density at radius 1 is 1.25 bits per heavy atom. The number of unbranched alkanes of at least 4 members (excludes halogenated alkanes) is 1. The molecular formula is C12H18BrNOS. The van der Waals surface area contributed by atoms with Crippen molar-refractivity contribution in [2.45, 2.75) is 25.3 Å². The summed E-state index contributed by atoms with van der Waals surface area (Å²) in [4.78, 5) is 0. The van der Waals surface area contributed by atoms with Crippen LogP contribution in [0.5, 0.6) is 5.75 Å². The van der Waals surface area contributed by atoms with Crippen molar-refractivity contribution in [2.24, 2.45) is 5.73 Å². The van der Waals surface area contributed by atoms with Crippen LogP contribution >= 0.6 is 28.6 Å². The van der Waals surface area contributed by atoms with Gasteiger partial charge in [-0.2, -0.15) is 12.6 Å². The number of thiol groups is 1. The highest BCUT2D eigenvalue weighted by Gasteiger charge is 1.99. The number of benzene rings is 1. The quantitative estimate of drug-likeness (QED) is 0.599. The zero-order valence-electron chi connectivity index (χ0n) is 9.23. The molecule has 0 radical (unpaired) electrons. The highest BCUT2D eigenvalue weighted by atomic mass is 79.9. The summed E-state index contributed by atoms with van der Waals surface area (Å²) in [6.07, 6.45) is 3.16. The van der Waals surface area contributed by atoms with E-state index in [1.165, 1.54) is 0 Å². The topological polar surface area (TPSA) is 35.2 Å². The van der Waals surface area contributed by atoms with E-state index >= 15 is 0 Å². The Hall–Kier alpha value is -0.190. The van der Waals surface area contributed by atoms with Gasteiger partial charge in [-0.3, -0.25) is 0 Å². The molecule has 1 rings (SSSR count). The molecule has 0 unspecified atom stereocenters. The summed E-state index contributed by atoms with van der Waals surface area (Å²) in [6.45, 7) is 0.751. The van der Waals surface area contributed by atoms with Crippen LogP contribution in [0.2, 0.25) is 0 Å². The zero-order valence-corrected chi connectivity index (χ0v) is 11.7. The summed E-state index contributed by atoms with van der Waals surface area (Å²) in [5.41, 5.74) is 5.76. The normalized spacial score (nSPS) is 12.4. The summed E-state index contributed by atoms with van der Waals surface area (Å²) < 4.78 is 6.66. The van der Waals surface area contributed by atoms with E-state index in [0.29, 0.717) is 0 Å². The summed E-state index contributed by atoms with van der Waals surface area (Å²) in [5, 5.41) is 0. The summed E-state index contributed by atoms with van der Waals surface area (Å²) >= 11 is 7.53. The van der Waals surface area contributed by atoms with Crippen LogP contribution in [0.3, 0.4) is 0 Å². The van der Waals surface area contributed by atoms with Crippen LogP contribution in [0, 0.1) is 0 Å². The third kappa shape index (κ3) is 5.77. The van der Waals surface area contributed by atoms with Crippen LogP contribution in [0.4, 0.5) is 0 Å². The van der Waals surface area contributed by atoms with E-state index in [-0.39, 0.29) is 6.04 Å². The fourth-order valence-corrected chi connectivity index (χ4v) is 1.77. The van der Waals surface area contributed by atoms with Gasteiger partial charge in [0.2, 0.25) is 0 Å². The molecule has 2 N–H and O–H groups in total. The lowest BCUT2D eigenvalue weighted by molar-refractivity contribution is 0.304. The van der Waals surface area contributed by atoms with Gasteiger partial charge in [0.15, 0.2) is 0 Å². The van der Waals surface area contributed by atoms with Gasteiger partial charge in [0.1, 0.15) is 5.75 Å². The number of hydrogen-bond acceptors (Lipinski definition) is 3. The molecule has 0 bridgehead atoms. The molecule has 0 saturated heterocycles. The van der Waals surface area contributed by atoms with Gasteiger partial charge in [0.25, 0.3) is 0 Å². The minimum absolute atomic E-state index is 0.219. The third-order valence-corrected chi connectivity index (χ3v) is 3.28. The summed E-state index contributed by atoms with van der Waals surface area (Å²) in [7, 11) is 0. The van der Waals surface area contributed by atoms with Crippen molar-refractivity contribution in [3.05, 3.63) is 28.7 Å². The van der Waals surface area contributed by atoms with Crippen LogP contribution in [0.1, 0.15) is 19.3 Å². The number of rotatable bonds is 7. The largest absolute Gasteiger partial charge is 0.494 e. The maximum absolute atomic E-state index is 5.76. The Morgan fingerprint density at radius 2 is 1.94 bits per heavy atom. The monoisotopic (exact) mass is 303 g/mol. The number of nitrogens with two attached hydrogens (primary N) is 1. The van der Waals surface area contributed by atoms with E-state index in [9.17, 15) is 0 Å². The number of hydrogen-bond donors (Lipinski definition) is 2. The first kappa shape index (κ1) is 13.9. The van der Waals surface area contributed by atoms with Gasteiger partial charge in [-0.25, -0.2) is 0 Å². The molecule has 90 valence electrons. The van der Waals surface area contributed by atoms with Gasteiger partial charge in [0, 0.05) is 16.3 Å². The molecule has 0 heterocycles. The molecular weight excluding hydrogens is 286 g/mol. The van der Waals surface area contributed by atoms with E-state index in [1.54, 1.807) is 0 Å². The van der Waals surface area contributed by atoms with Gasteiger partial charge < -0.3 is 10.5 Å². The fourth-order valence-electron chi connectivity index (χ4n) is 1.32. The van der Waals surface area contributed by atoms with E-state index in [4.69, 9.17) is 10.5 Å². The zero-order chi connectivity index (χ0) is 11.8. The molecule has 16 heavy (non-hydrogen) atoms. The van der Waals surface area contributed by atoms with Crippen LogP contribution < -0.4 is 10.5 Å². The standard InChI is InChI=1S/C12H18BrNOS/c13-10-4-6-12(7-5-10)15-8-2-1-3-11(14)9-16/h4-7,11,16H,1-3,8-9,14H2/t11-/m0/s1. The predicted octanol–water partition coefficient (Wildman–Crippen LogP) is 3.26. The molecule has 4 heteroatoms. The van der Waals surface area contributed by atoms with Crippen LogP contribution in [-0.2, 0) is 0 Å². The fraction of sp³-hybridized carbons (Fsp3) is 0.500. The molecule has 0 aliphatic heterocycles. The molecule has 1 aromatic carbocycles. The molecule has 0 fully saturated rings. The van der Waals surface area contributed by atoms with E-state index in [1.807, 2.05) is 24.3 Å². The molecule has 0 amide bonds. The second-order valence-corrected chi connectivity index (χ2v) is 5.02. The smallest absolute Gasteiger partial charge is 0.119 e. The van der Waals surface area contributed by atoms with Crippen LogP contribution in [0.25, 0.3) is 0 Å². The lowest BCUT2D eigenvalue weighted by atomic mass is 10.1. The highest BCUT2D eigenvalue weighted by Crippen LogP contribution is 2.16. The van der Waals surface area contributed by atoms with Crippen LogP contribution in [-0.4, -0.2) is 18.4 Å². The van der Waals surface area contributed by atoms with Gasteiger partial charge in [-0.05, 0) is 43.5 Å². The molecule has 1 aromatic rings. The molecule has 0 saturated carbocycles. The average Bonchev–Trinajstić information content (AvgIpc) is 2.31. The first-order valence-electron chi connectivity index (χ1n) is 5.47. The first-order chi connectivity index (χ1) is 7.72. The van der Waals surface area contributed by atoms with E-state index < -0.39 is 0 Å². The lowest BCUT2D eigenvalue weighted by Gasteiger charge is -2.08. The summed E-state index contributed by atoms with van der Waals surface area (Å²) in [6, 6.07) is 8.10. The molecule has 0 aromatic heterocycles. The van der Waals surface area contributed by atoms with E-state index in [0.717, 1.165) is 41.8 Å². The van der Waals surface area contributed by atoms with E-state index in [2.05, 4.69) is 28.6 Å². The van der Waals surface area contributed by atoms with Gasteiger partial charge in [0.05, 0.1) is 6.61 Å². The second kappa shape index (κ2) is 7.98. The Bertz CT molecular complexity index is 292. The van der Waals surface area contributed by atoms with Crippen molar-refractivity contribution in [3.8, 4) is 5.75 Å². The lowest BCUT2D eigenvalue weighted by Crippen LogP contribution is -2.21. The Morgan fingerprint density at radius 3 is 2.56 bits per heavy atom. The minimum Gasteiger partial charge on any atom is -0.494 e. The maximum atomic E-state index is 5.76. The van der Waals surface area contributed by atoms with Gasteiger partial charge >= 0.3 is 0 Å². The SMILES string of the molecule is N[C@H](CS)CCCCOc1ccc(Br)cc1. The van der Waals surface area contributed by atoms with Crippen molar-refractivity contribution < 1.29 is 4.74 Å². The summed E-state index contributed by atoms with van der Waals surface area (Å²) in [5.74, 6) is 1.68. The Balaban J connectivity index is 2.09. The van der Waals surface area contributed by atoms with Crippen molar-refractivity contribution in [3.63, 3.8) is 0 Å². The van der Waals surface area contributed by atoms with Crippen molar-refractivity contribution >= 4 is 28.6 Å². The molecule has 0 aliphatic carbocycles. The van der Waals surface area contributed by atoms with Crippen molar-refractivity contribution in [1.29, 1.82) is 0 Å². The maximum Gasteiger partial charge on any atom is 0.119 e. The molecule has 1 atom stereocenters. The van der Waals surface area contributed by atoms with Crippen LogP contribution in [0.15, 0.2) is 28.7 Å². The van der Waals surface area contributed by atoms with Gasteiger partial charge in [-0.15, -0.1) is 0 Å². The molecule has 0 aliphatic rings.